The maximum Gasteiger partial charge on any atom is 0.329 e. The Labute approximate surface area is 156 Å². The lowest BCUT2D eigenvalue weighted by molar-refractivity contribution is 0.0609. The number of H-pyrrole nitrogens is 1. The lowest BCUT2D eigenvalue weighted by atomic mass is 10.0. The van der Waals surface area contributed by atoms with Crippen LogP contribution in [0, 0.1) is 6.92 Å². The van der Waals surface area contributed by atoms with Gasteiger partial charge in [-0.2, -0.15) is 0 Å². The Morgan fingerprint density at radius 2 is 1.93 bits per heavy atom. The molecular weight excluding hydrogens is 346 g/mol. The highest BCUT2D eigenvalue weighted by Crippen LogP contribution is 2.23. The number of pyridine rings is 1. The highest BCUT2D eigenvalue weighted by molar-refractivity contribution is 6.05. The van der Waals surface area contributed by atoms with Crippen LogP contribution in [0.25, 0.3) is 11.0 Å². The van der Waals surface area contributed by atoms with E-state index in [1.807, 2.05) is 4.90 Å². The molecule has 144 valence electrons. The highest BCUT2D eigenvalue weighted by atomic mass is 16.2. The van der Waals surface area contributed by atoms with Crippen LogP contribution in [-0.2, 0) is 7.05 Å². The average Bonchev–Trinajstić information content (AvgIpc) is 3.20. The molecule has 0 unspecified atom stereocenters. The molecule has 2 aromatic heterocycles. The number of likely N-dealkylation sites (tertiary alicyclic amines) is 2. The molecule has 27 heavy (non-hydrogen) atoms. The van der Waals surface area contributed by atoms with Crippen LogP contribution in [0.5, 0.6) is 0 Å². The van der Waals surface area contributed by atoms with Crippen LogP contribution in [0.3, 0.4) is 0 Å². The molecule has 2 aromatic rings. The Morgan fingerprint density at radius 3 is 2.67 bits per heavy atom. The number of carbonyl (C=O) groups excluding carboxylic acids is 1. The van der Waals surface area contributed by atoms with Gasteiger partial charge in [0.25, 0.3) is 11.5 Å². The second-order valence-corrected chi connectivity index (χ2v) is 7.62. The van der Waals surface area contributed by atoms with Gasteiger partial charge in [-0.3, -0.25) is 24.0 Å². The molecule has 0 saturated carbocycles. The van der Waals surface area contributed by atoms with E-state index < -0.39 is 11.2 Å². The summed E-state index contributed by atoms with van der Waals surface area (Å²) < 4.78 is 1.28. The molecule has 2 fully saturated rings. The first-order valence-electron chi connectivity index (χ1n) is 9.59. The van der Waals surface area contributed by atoms with Crippen molar-refractivity contribution in [1.29, 1.82) is 0 Å². The van der Waals surface area contributed by atoms with Crippen molar-refractivity contribution in [2.24, 2.45) is 7.05 Å². The normalized spacial score (nSPS) is 21.1. The molecule has 0 aromatic carbocycles. The highest BCUT2D eigenvalue weighted by Gasteiger charge is 2.31. The third kappa shape index (κ3) is 3.18. The molecule has 0 spiro atoms. The molecule has 8 nitrogen and oxygen atoms in total. The zero-order valence-electron chi connectivity index (χ0n) is 15.8. The molecule has 0 bridgehead atoms. The summed E-state index contributed by atoms with van der Waals surface area (Å²) in [6.07, 6.45) is 4.52. The molecule has 0 radical (unpaired) electrons. The van der Waals surface area contributed by atoms with Crippen molar-refractivity contribution < 1.29 is 4.79 Å². The molecule has 8 heteroatoms. The predicted molar refractivity (Wildman–Crippen MR) is 102 cm³/mol. The Balaban J connectivity index is 1.73. The number of nitrogens with zero attached hydrogens (tertiary/aromatic N) is 4. The minimum atomic E-state index is -0.558. The van der Waals surface area contributed by atoms with Gasteiger partial charge in [0.05, 0.1) is 10.9 Å². The summed E-state index contributed by atoms with van der Waals surface area (Å²) >= 11 is 0. The summed E-state index contributed by atoms with van der Waals surface area (Å²) in [6, 6.07) is 2.05. The SMILES string of the molecule is Cc1cc(C(=O)N2CCC[C@@H](N3CCCC3)C2)c2c(=O)[nH]c(=O)n(C)c2n1. The number of hydrogen-bond acceptors (Lipinski definition) is 5. The molecule has 2 aliphatic rings. The van der Waals surface area contributed by atoms with Crippen molar-refractivity contribution in [2.75, 3.05) is 26.2 Å². The number of fused-ring (bicyclic) bond motifs is 1. The minimum Gasteiger partial charge on any atom is -0.337 e. The fourth-order valence-corrected chi connectivity index (χ4v) is 4.35. The fraction of sp³-hybridized carbons (Fsp3) is 0.579. The number of carbonyl (C=O) groups is 1. The second kappa shape index (κ2) is 6.92. The molecule has 0 aliphatic carbocycles. The Bertz CT molecular complexity index is 1000. The third-order valence-electron chi connectivity index (χ3n) is 5.77. The predicted octanol–water partition coefficient (Wildman–Crippen LogP) is 0.631. The van der Waals surface area contributed by atoms with Gasteiger partial charge < -0.3 is 4.90 Å². The van der Waals surface area contributed by atoms with Crippen LogP contribution in [0.15, 0.2) is 15.7 Å². The fourth-order valence-electron chi connectivity index (χ4n) is 4.35. The van der Waals surface area contributed by atoms with E-state index in [9.17, 15) is 14.4 Å². The van der Waals surface area contributed by atoms with E-state index in [4.69, 9.17) is 0 Å². The van der Waals surface area contributed by atoms with Crippen molar-refractivity contribution in [3.63, 3.8) is 0 Å². The molecule has 4 rings (SSSR count). The minimum absolute atomic E-state index is 0.154. The van der Waals surface area contributed by atoms with Crippen molar-refractivity contribution in [2.45, 2.75) is 38.6 Å². The topological polar surface area (TPSA) is 91.3 Å². The monoisotopic (exact) mass is 371 g/mol. The van der Waals surface area contributed by atoms with Crippen molar-refractivity contribution >= 4 is 16.9 Å². The number of aryl methyl sites for hydroxylation is 2. The summed E-state index contributed by atoms with van der Waals surface area (Å²) in [7, 11) is 1.55. The van der Waals surface area contributed by atoms with Crippen LogP contribution in [0.2, 0.25) is 0 Å². The van der Waals surface area contributed by atoms with Crippen molar-refractivity contribution in [3.8, 4) is 0 Å². The number of rotatable bonds is 2. The molecular formula is C19H25N5O3. The zero-order chi connectivity index (χ0) is 19.1. The van der Waals surface area contributed by atoms with Crippen LogP contribution < -0.4 is 11.2 Å². The van der Waals surface area contributed by atoms with Gasteiger partial charge in [-0.05, 0) is 51.8 Å². The van der Waals surface area contributed by atoms with E-state index in [2.05, 4.69) is 14.9 Å². The number of amides is 1. The number of piperidine rings is 1. The number of aromatic nitrogens is 3. The van der Waals surface area contributed by atoms with Crippen LogP contribution in [-0.4, -0.2) is 62.5 Å². The van der Waals surface area contributed by atoms with Gasteiger partial charge in [0.1, 0.15) is 5.65 Å². The van der Waals surface area contributed by atoms with Gasteiger partial charge in [-0.1, -0.05) is 0 Å². The zero-order valence-corrected chi connectivity index (χ0v) is 15.8. The second-order valence-electron chi connectivity index (χ2n) is 7.62. The summed E-state index contributed by atoms with van der Waals surface area (Å²) in [5.74, 6) is -0.154. The maximum absolute atomic E-state index is 13.3. The van der Waals surface area contributed by atoms with E-state index in [1.165, 1.54) is 17.4 Å². The summed E-state index contributed by atoms with van der Waals surface area (Å²) in [6.45, 7) is 5.35. The van der Waals surface area contributed by atoms with E-state index in [0.29, 0.717) is 30.4 Å². The van der Waals surface area contributed by atoms with Gasteiger partial charge >= 0.3 is 5.69 Å². The Hall–Kier alpha value is -2.48. The lowest BCUT2D eigenvalue weighted by Crippen LogP contribution is -2.49. The first kappa shape index (κ1) is 17.9. The van der Waals surface area contributed by atoms with E-state index in [-0.39, 0.29) is 16.9 Å². The quantitative estimate of drug-likeness (QED) is 0.836. The molecule has 1 amide bonds. The third-order valence-corrected chi connectivity index (χ3v) is 5.77. The molecule has 4 heterocycles. The number of hydrogen-bond donors (Lipinski definition) is 1. The van der Waals surface area contributed by atoms with Crippen LogP contribution >= 0.6 is 0 Å². The number of aromatic amines is 1. The van der Waals surface area contributed by atoms with Gasteiger partial charge in [0, 0.05) is 31.9 Å². The Morgan fingerprint density at radius 1 is 1.19 bits per heavy atom. The van der Waals surface area contributed by atoms with Crippen molar-refractivity contribution in [3.05, 3.63) is 38.2 Å². The molecule has 2 saturated heterocycles. The average molecular weight is 371 g/mol. The first-order valence-corrected chi connectivity index (χ1v) is 9.59. The molecule has 1 atom stereocenters. The van der Waals surface area contributed by atoms with Crippen LogP contribution in [0.4, 0.5) is 0 Å². The van der Waals surface area contributed by atoms with Gasteiger partial charge in [-0.25, -0.2) is 9.78 Å². The van der Waals surface area contributed by atoms with E-state index in [1.54, 1.807) is 20.0 Å². The van der Waals surface area contributed by atoms with Crippen molar-refractivity contribution in [1.82, 2.24) is 24.3 Å². The first-order chi connectivity index (χ1) is 13.0. The molecule has 2 aliphatic heterocycles. The summed E-state index contributed by atoms with van der Waals surface area (Å²) in [5, 5.41) is 0.191. The largest absolute Gasteiger partial charge is 0.337 e. The Kier molecular flexibility index (Phi) is 4.59. The standard InChI is InChI=1S/C19H25N5O3/c1-12-10-14(15-16(20-12)22(2)19(27)21-17(15)25)18(26)24-9-5-6-13(11-24)23-7-3-4-8-23/h10,13H,3-9,11H2,1-2H3,(H,21,25,27)/t13-/m1/s1. The summed E-state index contributed by atoms with van der Waals surface area (Å²) in [5.41, 5.74) is 0.101. The van der Waals surface area contributed by atoms with Crippen LogP contribution in [0.1, 0.15) is 41.7 Å². The summed E-state index contributed by atoms with van der Waals surface area (Å²) in [4.78, 5) is 48.6. The number of nitrogens with one attached hydrogen (secondary N) is 1. The lowest BCUT2D eigenvalue weighted by Gasteiger charge is -2.37. The smallest absolute Gasteiger partial charge is 0.329 e. The van der Waals surface area contributed by atoms with Gasteiger partial charge in [-0.15, -0.1) is 0 Å². The van der Waals surface area contributed by atoms with Gasteiger partial charge in [0.2, 0.25) is 0 Å². The van der Waals surface area contributed by atoms with E-state index >= 15 is 0 Å². The van der Waals surface area contributed by atoms with Gasteiger partial charge in [0.15, 0.2) is 0 Å². The van der Waals surface area contributed by atoms with E-state index in [0.717, 1.165) is 25.9 Å². The molecule has 1 N–H and O–H groups in total. The maximum atomic E-state index is 13.3.